The second-order valence-electron chi connectivity index (χ2n) is 21.8. The number of carboxylic acid groups (broad SMARTS) is 3. The molecule has 29 nitrogen and oxygen atoms in total. The van der Waals surface area contributed by atoms with Crippen molar-refractivity contribution in [2.75, 3.05) is 5.73 Å². The molecule has 92 heavy (non-hydrogen) atoms. The highest BCUT2D eigenvalue weighted by atomic mass is 16.6. The maximum Gasteiger partial charge on any atom is 0.326 e. The Balaban J connectivity index is 1.38. The number of phenols is 1. The van der Waals surface area contributed by atoms with E-state index in [-0.39, 0.29) is 36.1 Å². The predicted octanol–water partition coefficient (Wildman–Crippen LogP) is 0.950. The normalized spacial score (nSPS) is 13.8. The Morgan fingerprint density at radius 1 is 0.446 bits per heavy atom. The van der Waals surface area contributed by atoms with Crippen LogP contribution in [-0.2, 0) is 78.4 Å². The van der Waals surface area contributed by atoms with Gasteiger partial charge < -0.3 is 74.0 Å². The minimum Gasteiger partial charge on any atom is -0.502 e. The molecular formula is C63H73N11O18. The summed E-state index contributed by atoms with van der Waals surface area (Å²) in [6.07, 6.45) is -3.60. The number of nitro benzene ring substituents is 1. The number of carbonyl (C=O) groups is 12. The number of carbonyl (C=O) groups excluding carboxylic acids is 9. The highest BCUT2D eigenvalue weighted by Gasteiger charge is 2.37. The summed E-state index contributed by atoms with van der Waals surface area (Å²) in [4.78, 5) is 173. The number of carboxylic acids is 3. The first-order valence-corrected chi connectivity index (χ1v) is 28.9. The first-order chi connectivity index (χ1) is 43.6. The fourth-order valence-electron chi connectivity index (χ4n) is 9.26. The molecule has 9 amide bonds. The summed E-state index contributed by atoms with van der Waals surface area (Å²) >= 11 is 0. The molecule has 0 unspecified atom stereocenters. The number of nitro groups is 1. The zero-order valence-corrected chi connectivity index (χ0v) is 50.5. The lowest BCUT2D eigenvalue weighted by molar-refractivity contribution is -0.385. The van der Waals surface area contributed by atoms with Crippen molar-refractivity contribution in [3.8, 4) is 5.75 Å². The third-order valence-electron chi connectivity index (χ3n) is 14.3. The molecule has 5 aromatic rings. The summed E-state index contributed by atoms with van der Waals surface area (Å²) in [5.41, 5.74) is 6.95. The Hall–Kier alpha value is -11.3. The molecule has 0 aliphatic heterocycles. The van der Waals surface area contributed by atoms with E-state index in [0.29, 0.717) is 16.7 Å². The molecule has 29 heteroatoms. The van der Waals surface area contributed by atoms with Crippen LogP contribution >= 0.6 is 0 Å². The Morgan fingerprint density at radius 3 is 1.27 bits per heavy atom. The molecule has 0 spiro atoms. The van der Waals surface area contributed by atoms with Gasteiger partial charge in [-0.2, -0.15) is 0 Å². The minimum atomic E-state index is -2.03. The van der Waals surface area contributed by atoms with Crippen molar-refractivity contribution in [3.05, 3.63) is 171 Å². The van der Waals surface area contributed by atoms with Gasteiger partial charge in [0.2, 0.25) is 47.3 Å². The van der Waals surface area contributed by atoms with Gasteiger partial charge in [-0.05, 0) is 66.6 Å². The van der Waals surface area contributed by atoms with E-state index in [9.17, 15) is 88.1 Å². The molecule has 0 heterocycles. The molecule has 0 saturated heterocycles. The minimum absolute atomic E-state index is 0.0395. The number of hydrogen-bond acceptors (Lipinski definition) is 16. The third-order valence-corrected chi connectivity index (χ3v) is 14.3. The van der Waals surface area contributed by atoms with Gasteiger partial charge in [0.25, 0.3) is 5.91 Å². The number of para-hydroxylation sites is 1. The molecule has 15 N–H and O–H groups in total. The Kier molecular flexibility index (Phi) is 26.8. The van der Waals surface area contributed by atoms with Gasteiger partial charge in [0, 0.05) is 43.9 Å². The van der Waals surface area contributed by atoms with Crippen molar-refractivity contribution in [1.29, 1.82) is 0 Å². The first-order valence-electron chi connectivity index (χ1n) is 28.9. The first kappa shape index (κ1) is 71.5. The van der Waals surface area contributed by atoms with Crippen LogP contribution in [0.25, 0.3) is 0 Å². The van der Waals surface area contributed by atoms with E-state index in [2.05, 4.69) is 42.5 Å². The molecule has 0 aliphatic rings. The molecule has 0 bridgehead atoms. The zero-order chi connectivity index (χ0) is 67.8. The van der Waals surface area contributed by atoms with E-state index >= 15 is 0 Å². The molecule has 0 saturated carbocycles. The monoisotopic (exact) mass is 1270 g/mol. The molecule has 5 rings (SSSR count). The highest BCUT2D eigenvalue weighted by molar-refractivity contribution is 6.02. The van der Waals surface area contributed by atoms with Crippen molar-refractivity contribution in [2.45, 2.75) is 127 Å². The van der Waals surface area contributed by atoms with E-state index in [0.717, 1.165) is 12.1 Å². The van der Waals surface area contributed by atoms with E-state index < -0.39 is 173 Å². The summed E-state index contributed by atoms with van der Waals surface area (Å²) in [5.74, 6) is -15.0. The summed E-state index contributed by atoms with van der Waals surface area (Å²) < 4.78 is 0. The molecular weight excluding hydrogens is 1200 g/mol. The second-order valence-corrected chi connectivity index (χ2v) is 21.8. The van der Waals surface area contributed by atoms with Gasteiger partial charge in [-0.1, -0.05) is 123 Å². The summed E-state index contributed by atoms with van der Waals surface area (Å²) in [7, 11) is 0. The van der Waals surface area contributed by atoms with Crippen LogP contribution in [0.2, 0.25) is 0 Å². The lowest BCUT2D eigenvalue weighted by Crippen LogP contribution is -2.61. The molecule has 5 aromatic carbocycles. The Labute approximate surface area is 527 Å². The topological polar surface area (TPSA) is 463 Å². The van der Waals surface area contributed by atoms with Crippen LogP contribution in [0.1, 0.15) is 79.6 Å². The molecule has 0 fully saturated rings. The average molecular weight is 1270 g/mol. The number of hydrogen-bond donors (Lipinski definition) is 14. The van der Waals surface area contributed by atoms with Crippen LogP contribution < -0.4 is 53.6 Å². The largest absolute Gasteiger partial charge is 0.502 e. The standard InChI is InChI=1S/C63H73N11O18/c1-34(2)53(62(88)71-46(30-39-20-12-7-13-21-39)60(86)70-47(61(87)72-48(63(89)90)33-52(78)79)31-40-24-26-50(75)49(32-40)74(91)92)73-57(83)43(25-27-51(76)77)67-59(85)45(29-38-18-10-6-11-19-38)69-55(81)36(4)66-58(84)44(28-37-16-8-5-9-17-37)68-54(80)35(3)65-56(82)41-22-14-15-23-42(41)64/h5-24,26,32,34-36,43-48,53,75H,25,27-31,33,64H2,1-4H3,(H,65,82)(H,66,84)(H,67,85)(H,68,80)(H,69,81)(H,70,86)(H,71,88)(H,72,87)(H,73,83)(H,76,77)(H,78,79)(H,89,90)/t35-,36-,43-,44-,45-,46-,47-,48-,53-/m0/s1. The fourth-order valence-corrected chi connectivity index (χ4v) is 9.26. The van der Waals surface area contributed by atoms with Crippen molar-refractivity contribution in [3.63, 3.8) is 0 Å². The van der Waals surface area contributed by atoms with Crippen LogP contribution in [0.3, 0.4) is 0 Å². The van der Waals surface area contributed by atoms with Crippen molar-refractivity contribution in [2.24, 2.45) is 5.92 Å². The number of phenolic OH excluding ortho intramolecular Hbond substituents is 1. The number of nitrogens with two attached hydrogens (primary N) is 1. The number of benzene rings is 5. The van der Waals surface area contributed by atoms with Crippen LogP contribution in [0.4, 0.5) is 11.4 Å². The Morgan fingerprint density at radius 2 is 0.837 bits per heavy atom. The highest BCUT2D eigenvalue weighted by Crippen LogP contribution is 2.27. The Bertz CT molecular complexity index is 3490. The van der Waals surface area contributed by atoms with Crippen molar-refractivity contribution >= 4 is 82.4 Å². The molecule has 9 atom stereocenters. The number of anilines is 1. The smallest absolute Gasteiger partial charge is 0.326 e. The van der Waals surface area contributed by atoms with E-state index in [4.69, 9.17) is 5.73 Å². The number of nitrogen functional groups attached to an aromatic ring is 1. The second kappa shape index (κ2) is 34.5. The number of aliphatic carboxylic acids is 3. The summed E-state index contributed by atoms with van der Waals surface area (Å²) in [5, 5.41) is 73.0. The van der Waals surface area contributed by atoms with Crippen LogP contribution in [0.15, 0.2) is 133 Å². The number of nitrogens with one attached hydrogen (secondary N) is 9. The van der Waals surface area contributed by atoms with Gasteiger partial charge in [-0.3, -0.25) is 62.9 Å². The van der Waals surface area contributed by atoms with Gasteiger partial charge in [0.15, 0.2) is 5.75 Å². The van der Waals surface area contributed by atoms with E-state index in [1.165, 1.54) is 45.9 Å². The number of aromatic hydroxyl groups is 1. The van der Waals surface area contributed by atoms with Crippen LogP contribution in [0.5, 0.6) is 5.75 Å². The van der Waals surface area contributed by atoms with Gasteiger partial charge in [0.05, 0.1) is 16.9 Å². The summed E-state index contributed by atoms with van der Waals surface area (Å²) in [6.45, 7) is 5.70. The van der Waals surface area contributed by atoms with Gasteiger partial charge in [0.1, 0.15) is 54.4 Å². The van der Waals surface area contributed by atoms with Gasteiger partial charge >= 0.3 is 23.6 Å². The van der Waals surface area contributed by atoms with Crippen molar-refractivity contribution < 1.29 is 82.9 Å². The predicted molar refractivity (Wildman–Crippen MR) is 329 cm³/mol. The molecule has 0 aliphatic carbocycles. The maximum absolute atomic E-state index is 14.5. The summed E-state index contributed by atoms with van der Waals surface area (Å²) in [6, 6.07) is 19.8. The molecule has 488 valence electrons. The zero-order valence-electron chi connectivity index (χ0n) is 50.5. The SMILES string of the molecule is CC(C)[C@H](NC(=O)[C@H](CCC(=O)O)NC(=O)[C@H](Cc1ccccc1)NC(=O)[C@H](C)NC(=O)[C@H](Cc1ccccc1)NC(=O)[C@H](C)NC(=O)c1ccccc1N)C(=O)N[C@@H](Cc1ccccc1)C(=O)N[C@@H](Cc1ccc(O)c([N+](=O)[O-])c1)C(=O)N[C@@H](CC(=O)O)C(=O)O. The number of nitrogens with zero attached hydrogens (tertiary/aromatic N) is 1. The average Bonchev–Trinajstić information content (AvgIpc) is 1.07. The maximum atomic E-state index is 14.5. The molecule has 0 radical (unpaired) electrons. The number of amides is 9. The van der Waals surface area contributed by atoms with Gasteiger partial charge in [-0.25, -0.2) is 4.79 Å². The van der Waals surface area contributed by atoms with Crippen LogP contribution in [-0.4, -0.2) is 151 Å². The lowest BCUT2D eigenvalue weighted by atomic mass is 9.99. The number of rotatable bonds is 34. The van der Waals surface area contributed by atoms with Gasteiger partial charge in [-0.15, -0.1) is 0 Å². The van der Waals surface area contributed by atoms with Crippen molar-refractivity contribution in [1.82, 2.24) is 47.9 Å². The van der Waals surface area contributed by atoms with E-state index in [1.54, 1.807) is 103 Å². The fraction of sp³-hybridized carbons (Fsp3) is 0.333. The van der Waals surface area contributed by atoms with Crippen LogP contribution in [0, 0.1) is 16.0 Å². The molecule has 0 aromatic heterocycles. The third kappa shape index (κ3) is 22.4. The quantitative estimate of drug-likeness (QED) is 0.0155. The van der Waals surface area contributed by atoms with E-state index in [1.807, 2.05) is 5.32 Å². The lowest BCUT2D eigenvalue weighted by Gasteiger charge is -2.29.